The van der Waals surface area contributed by atoms with Gasteiger partial charge in [0.05, 0.1) is 11.9 Å². The Kier molecular flexibility index (Phi) is 8.99. The summed E-state index contributed by atoms with van der Waals surface area (Å²) >= 11 is 0. The number of nitrogens with one attached hydrogen (secondary N) is 1. The fourth-order valence-corrected chi connectivity index (χ4v) is 4.26. The lowest BCUT2D eigenvalue weighted by Gasteiger charge is -2.33. The second kappa shape index (κ2) is 11.3. The summed E-state index contributed by atoms with van der Waals surface area (Å²) in [6.45, 7) is 6.87. The number of rotatable bonds is 10. The fraction of sp³-hybridized carbons (Fsp3) is 0.417. The summed E-state index contributed by atoms with van der Waals surface area (Å²) in [5.74, 6) is -1.27. The molecule has 7 nitrogen and oxygen atoms in total. The van der Waals surface area contributed by atoms with E-state index >= 15 is 0 Å². The van der Waals surface area contributed by atoms with Crippen LogP contribution >= 0.6 is 0 Å². The van der Waals surface area contributed by atoms with Crippen LogP contribution in [0.1, 0.15) is 38.3 Å². The van der Waals surface area contributed by atoms with Gasteiger partial charge in [0.2, 0.25) is 21.8 Å². The molecule has 2 amide bonds. The minimum Gasteiger partial charge on any atom is -0.352 e. The van der Waals surface area contributed by atoms with Crippen LogP contribution in [0.5, 0.6) is 0 Å². The van der Waals surface area contributed by atoms with E-state index < -0.39 is 34.3 Å². The highest BCUT2D eigenvalue weighted by atomic mass is 32.2. The average molecular weight is 478 g/mol. The zero-order valence-corrected chi connectivity index (χ0v) is 20.5. The number of anilines is 1. The molecular weight excluding hydrogens is 445 g/mol. The van der Waals surface area contributed by atoms with Crippen LogP contribution in [0, 0.1) is 12.7 Å². The summed E-state index contributed by atoms with van der Waals surface area (Å²) < 4.78 is 39.5. The van der Waals surface area contributed by atoms with Crippen LogP contribution in [0.3, 0.4) is 0 Å². The SMILES string of the molecule is CC[C@H](C(=O)NC(C)C)N(Cc1ccc(F)cc1)C(=O)CN(c1ccc(C)cc1)S(C)(=O)=O. The van der Waals surface area contributed by atoms with Gasteiger partial charge in [-0.2, -0.15) is 0 Å². The molecule has 0 unspecified atom stereocenters. The molecule has 0 aliphatic rings. The maximum Gasteiger partial charge on any atom is 0.244 e. The maximum absolute atomic E-state index is 13.5. The van der Waals surface area contributed by atoms with Gasteiger partial charge in [-0.15, -0.1) is 0 Å². The molecular formula is C24H32FN3O4S. The number of carbonyl (C=O) groups excluding carboxylic acids is 2. The van der Waals surface area contributed by atoms with E-state index in [0.717, 1.165) is 16.1 Å². The normalized spacial score (nSPS) is 12.3. The second-order valence-electron chi connectivity index (χ2n) is 8.34. The Morgan fingerprint density at radius 1 is 1.03 bits per heavy atom. The number of hydrogen-bond acceptors (Lipinski definition) is 4. The molecule has 0 fully saturated rings. The Hall–Kier alpha value is -2.94. The van der Waals surface area contributed by atoms with Crippen LogP contribution < -0.4 is 9.62 Å². The molecule has 0 aromatic heterocycles. The molecule has 2 aromatic rings. The number of aryl methyl sites for hydroxylation is 1. The monoisotopic (exact) mass is 477 g/mol. The number of carbonyl (C=O) groups is 2. The molecule has 0 bridgehead atoms. The molecule has 1 atom stereocenters. The zero-order valence-electron chi connectivity index (χ0n) is 19.7. The number of amides is 2. The number of halogens is 1. The highest BCUT2D eigenvalue weighted by Crippen LogP contribution is 2.20. The van der Waals surface area contributed by atoms with Crippen LogP contribution in [-0.4, -0.2) is 50.0 Å². The summed E-state index contributed by atoms with van der Waals surface area (Å²) in [5, 5.41) is 2.82. The van der Waals surface area contributed by atoms with Crippen molar-refractivity contribution in [1.29, 1.82) is 0 Å². The molecule has 33 heavy (non-hydrogen) atoms. The largest absolute Gasteiger partial charge is 0.352 e. The third kappa shape index (κ3) is 7.56. The minimum absolute atomic E-state index is 0.0363. The summed E-state index contributed by atoms with van der Waals surface area (Å²) in [6, 6.07) is 11.5. The van der Waals surface area contributed by atoms with Gasteiger partial charge in [0.25, 0.3) is 0 Å². The first-order valence-corrected chi connectivity index (χ1v) is 12.7. The molecule has 0 aliphatic heterocycles. The van der Waals surface area contributed by atoms with Crippen molar-refractivity contribution in [2.45, 2.75) is 52.7 Å². The summed E-state index contributed by atoms with van der Waals surface area (Å²) in [5.41, 5.74) is 1.94. The molecule has 0 saturated heterocycles. The second-order valence-corrected chi connectivity index (χ2v) is 10.2. The summed E-state index contributed by atoms with van der Waals surface area (Å²) in [7, 11) is -3.77. The number of benzene rings is 2. The number of sulfonamides is 1. The van der Waals surface area contributed by atoms with E-state index in [1.54, 1.807) is 31.2 Å². The lowest BCUT2D eigenvalue weighted by molar-refractivity contribution is -0.140. The van der Waals surface area contributed by atoms with Crippen LogP contribution in [0.4, 0.5) is 10.1 Å². The van der Waals surface area contributed by atoms with Crippen LogP contribution in [0.2, 0.25) is 0 Å². The zero-order chi connectivity index (χ0) is 24.8. The van der Waals surface area contributed by atoms with Gasteiger partial charge in [-0.25, -0.2) is 12.8 Å². The number of nitrogens with zero attached hydrogens (tertiary/aromatic N) is 2. The van der Waals surface area contributed by atoms with E-state index in [4.69, 9.17) is 0 Å². The third-order valence-corrected chi connectivity index (χ3v) is 6.22. The van der Waals surface area contributed by atoms with Gasteiger partial charge < -0.3 is 10.2 Å². The molecule has 0 spiro atoms. The Morgan fingerprint density at radius 2 is 1.61 bits per heavy atom. The predicted octanol–water partition coefficient (Wildman–Crippen LogP) is 3.23. The van der Waals surface area contributed by atoms with E-state index in [2.05, 4.69) is 5.32 Å². The molecule has 9 heteroatoms. The summed E-state index contributed by atoms with van der Waals surface area (Å²) in [6.07, 6.45) is 1.36. The molecule has 0 heterocycles. The molecule has 0 aliphatic carbocycles. The van der Waals surface area contributed by atoms with Crippen LogP contribution in [0.25, 0.3) is 0 Å². The molecule has 0 saturated carbocycles. The van der Waals surface area contributed by atoms with Gasteiger partial charge in [-0.05, 0) is 57.0 Å². The Bertz CT molecular complexity index is 1050. The Balaban J connectivity index is 2.42. The van der Waals surface area contributed by atoms with Gasteiger partial charge in [0.15, 0.2) is 0 Å². The Labute approximate surface area is 195 Å². The quantitative estimate of drug-likeness (QED) is 0.569. The fourth-order valence-electron chi connectivity index (χ4n) is 3.41. The highest BCUT2D eigenvalue weighted by Gasteiger charge is 2.31. The first-order chi connectivity index (χ1) is 15.4. The first-order valence-electron chi connectivity index (χ1n) is 10.8. The van der Waals surface area contributed by atoms with Crippen molar-refractivity contribution in [1.82, 2.24) is 10.2 Å². The molecule has 1 N–H and O–H groups in total. The van der Waals surface area contributed by atoms with Crippen molar-refractivity contribution < 1.29 is 22.4 Å². The van der Waals surface area contributed by atoms with Crippen molar-refractivity contribution in [3.8, 4) is 0 Å². The van der Waals surface area contributed by atoms with Gasteiger partial charge in [-0.1, -0.05) is 36.8 Å². The smallest absolute Gasteiger partial charge is 0.244 e. The van der Waals surface area contributed by atoms with Crippen molar-refractivity contribution in [3.63, 3.8) is 0 Å². The van der Waals surface area contributed by atoms with Crippen LogP contribution in [0.15, 0.2) is 48.5 Å². The predicted molar refractivity (Wildman–Crippen MR) is 128 cm³/mol. The summed E-state index contributed by atoms with van der Waals surface area (Å²) in [4.78, 5) is 27.7. The average Bonchev–Trinajstić information content (AvgIpc) is 2.72. The Morgan fingerprint density at radius 3 is 2.09 bits per heavy atom. The van der Waals surface area contributed by atoms with E-state index in [1.165, 1.54) is 29.2 Å². The standard InChI is InChI=1S/C24H32FN3O4S/c1-6-22(24(30)26-17(2)3)27(15-19-9-11-20(25)12-10-19)23(29)16-28(33(5,31)32)21-13-7-18(4)8-14-21/h7-14,17,22H,6,15-16H2,1-5H3,(H,26,30)/t22-/m1/s1. The molecule has 2 rings (SSSR count). The molecule has 0 radical (unpaired) electrons. The highest BCUT2D eigenvalue weighted by molar-refractivity contribution is 7.92. The van der Waals surface area contributed by atoms with Crippen molar-refractivity contribution in [2.75, 3.05) is 17.1 Å². The lowest BCUT2D eigenvalue weighted by atomic mass is 10.1. The van der Waals surface area contributed by atoms with Gasteiger partial charge in [0.1, 0.15) is 18.4 Å². The van der Waals surface area contributed by atoms with Gasteiger partial charge >= 0.3 is 0 Å². The van der Waals surface area contributed by atoms with Crippen molar-refractivity contribution in [2.24, 2.45) is 0 Å². The molecule has 180 valence electrons. The van der Waals surface area contributed by atoms with E-state index in [1.807, 2.05) is 20.8 Å². The maximum atomic E-state index is 13.5. The lowest BCUT2D eigenvalue weighted by Crippen LogP contribution is -2.53. The number of hydrogen-bond donors (Lipinski definition) is 1. The van der Waals surface area contributed by atoms with E-state index in [-0.39, 0.29) is 18.5 Å². The molecule has 2 aromatic carbocycles. The van der Waals surface area contributed by atoms with Crippen molar-refractivity contribution >= 4 is 27.5 Å². The van der Waals surface area contributed by atoms with E-state index in [0.29, 0.717) is 17.7 Å². The van der Waals surface area contributed by atoms with Crippen LogP contribution in [-0.2, 0) is 26.2 Å². The van der Waals surface area contributed by atoms with E-state index in [9.17, 15) is 22.4 Å². The minimum atomic E-state index is -3.77. The van der Waals surface area contributed by atoms with Gasteiger partial charge in [0, 0.05) is 12.6 Å². The first kappa shape index (κ1) is 26.3. The van der Waals surface area contributed by atoms with Crippen molar-refractivity contribution in [3.05, 3.63) is 65.5 Å². The third-order valence-electron chi connectivity index (χ3n) is 5.08. The van der Waals surface area contributed by atoms with Gasteiger partial charge in [-0.3, -0.25) is 13.9 Å². The topological polar surface area (TPSA) is 86.8 Å².